The maximum atomic E-state index is 12.9. The van der Waals surface area contributed by atoms with E-state index in [0.717, 1.165) is 5.56 Å². The number of halogens is 1. The van der Waals surface area contributed by atoms with E-state index in [2.05, 4.69) is 0 Å². The first-order valence-electron chi connectivity index (χ1n) is 9.42. The van der Waals surface area contributed by atoms with E-state index < -0.39 is 5.97 Å². The fraction of sp³-hybridized carbons (Fsp3) is 0.381. The van der Waals surface area contributed by atoms with E-state index in [1.165, 1.54) is 23.3 Å². The summed E-state index contributed by atoms with van der Waals surface area (Å²) in [5, 5.41) is 0. The van der Waals surface area contributed by atoms with Gasteiger partial charge < -0.3 is 19.0 Å². The quantitative estimate of drug-likeness (QED) is 0.694. The third kappa shape index (κ3) is 5.43. The van der Waals surface area contributed by atoms with Crippen molar-refractivity contribution in [2.24, 2.45) is 5.92 Å². The molecule has 0 aliphatic carbocycles. The predicted molar refractivity (Wildman–Crippen MR) is 101 cm³/mol. The molecule has 1 fully saturated rings. The number of carbonyl (C=O) groups excluding carboxylic acids is 3. The van der Waals surface area contributed by atoms with Gasteiger partial charge in [-0.2, -0.15) is 0 Å². The van der Waals surface area contributed by atoms with Crippen molar-refractivity contribution in [1.82, 2.24) is 9.80 Å². The Morgan fingerprint density at radius 2 is 1.86 bits per heavy atom. The van der Waals surface area contributed by atoms with Gasteiger partial charge in [-0.3, -0.25) is 14.4 Å². The summed E-state index contributed by atoms with van der Waals surface area (Å²) >= 11 is 0. The highest BCUT2D eigenvalue weighted by Gasteiger charge is 2.30. The van der Waals surface area contributed by atoms with Crippen LogP contribution in [0, 0.1) is 11.7 Å². The Morgan fingerprint density at radius 3 is 2.48 bits per heavy atom. The van der Waals surface area contributed by atoms with Gasteiger partial charge in [-0.25, -0.2) is 4.39 Å². The highest BCUT2D eigenvalue weighted by atomic mass is 19.1. The summed E-state index contributed by atoms with van der Waals surface area (Å²) in [6, 6.07) is 9.12. The lowest BCUT2D eigenvalue weighted by molar-refractivity contribution is -0.156. The van der Waals surface area contributed by atoms with E-state index in [4.69, 9.17) is 9.15 Å². The second-order valence-electron chi connectivity index (χ2n) is 7.03. The standard InChI is InChI=1S/C21H23FN2O5/c1-23(13-15-4-6-17(22)7-5-15)19(25)14-29-21(27)16-8-10-24(11-9-16)20(26)18-3-2-12-28-18/h2-7,12,16H,8-11,13-14H2,1H3. The van der Waals surface area contributed by atoms with Crippen LogP contribution in [-0.2, 0) is 20.9 Å². The van der Waals surface area contributed by atoms with Crippen LogP contribution in [0.15, 0.2) is 47.1 Å². The number of nitrogens with zero attached hydrogens (tertiary/aromatic N) is 2. The van der Waals surface area contributed by atoms with Crippen LogP contribution in [-0.4, -0.2) is 54.3 Å². The molecule has 8 heteroatoms. The number of hydrogen-bond donors (Lipinski definition) is 0. The van der Waals surface area contributed by atoms with Gasteiger partial charge in [0.1, 0.15) is 5.82 Å². The summed E-state index contributed by atoms with van der Waals surface area (Å²) in [6.45, 7) is 0.807. The summed E-state index contributed by atoms with van der Waals surface area (Å²) < 4.78 is 23.2. The van der Waals surface area contributed by atoms with E-state index >= 15 is 0 Å². The van der Waals surface area contributed by atoms with Crippen LogP contribution in [0.2, 0.25) is 0 Å². The van der Waals surface area contributed by atoms with Crippen molar-refractivity contribution in [3.8, 4) is 0 Å². The van der Waals surface area contributed by atoms with Gasteiger partial charge in [0.2, 0.25) is 0 Å². The van der Waals surface area contributed by atoms with Crippen molar-refractivity contribution in [2.45, 2.75) is 19.4 Å². The Labute approximate surface area is 168 Å². The first kappa shape index (κ1) is 20.6. The van der Waals surface area contributed by atoms with Gasteiger partial charge in [-0.1, -0.05) is 12.1 Å². The highest BCUT2D eigenvalue weighted by Crippen LogP contribution is 2.20. The molecule has 1 aliphatic rings. The number of piperidine rings is 1. The van der Waals surface area contributed by atoms with Gasteiger partial charge >= 0.3 is 5.97 Å². The van der Waals surface area contributed by atoms with Crippen molar-refractivity contribution in [3.63, 3.8) is 0 Å². The number of esters is 1. The molecule has 0 spiro atoms. The number of benzene rings is 1. The zero-order valence-corrected chi connectivity index (χ0v) is 16.2. The van der Waals surface area contributed by atoms with E-state index in [9.17, 15) is 18.8 Å². The maximum Gasteiger partial charge on any atom is 0.309 e. The lowest BCUT2D eigenvalue weighted by Gasteiger charge is -2.30. The Hall–Kier alpha value is -3.16. The van der Waals surface area contributed by atoms with Gasteiger partial charge in [0.15, 0.2) is 12.4 Å². The van der Waals surface area contributed by atoms with E-state index in [-0.39, 0.29) is 35.9 Å². The fourth-order valence-corrected chi connectivity index (χ4v) is 3.19. The number of hydrogen-bond acceptors (Lipinski definition) is 5. The first-order chi connectivity index (χ1) is 13.9. The topological polar surface area (TPSA) is 80.1 Å². The molecule has 7 nitrogen and oxygen atoms in total. The van der Waals surface area contributed by atoms with E-state index in [0.29, 0.717) is 32.5 Å². The smallest absolute Gasteiger partial charge is 0.309 e. The van der Waals surface area contributed by atoms with Crippen LogP contribution in [0.1, 0.15) is 29.0 Å². The largest absolute Gasteiger partial charge is 0.459 e. The minimum atomic E-state index is -0.432. The van der Waals surface area contributed by atoms with Crippen molar-refractivity contribution < 1.29 is 27.9 Å². The van der Waals surface area contributed by atoms with Gasteiger partial charge in [-0.05, 0) is 42.7 Å². The van der Waals surface area contributed by atoms with Gasteiger partial charge in [0.25, 0.3) is 11.8 Å². The number of rotatable bonds is 6. The molecule has 0 bridgehead atoms. The molecule has 0 N–H and O–H groups in total. The minimum absolute atomic E-state index is 0.195. The molecule has 3 rings (SSSR count). The van der Waals surface area contributed by atoms with Crippen molar-refractivity contribution in [3.05, 3.63) is 59.8 Å². The molecule has 0 saturated carbocycles. The van der Waals surface area contributed by atoms with Crippen LogP contribution in [0.4, 0.5) is 4.39 Å². The average Bonchev–Trinajstić information content (AvgIpc) is 3.28. The first-order valence-corrected chi connectivity index (χ1v) is 9.42. The van der Waals surface area contributed by atoms with Crippen LogP contribution in [0.5, 0.6) is 0 Å². The fourth-order valence-electron chi connectivity index (χ4n) is 3.19. The summed E-state index contributed by atoms with van der Waals surface area (Å²) in [5.41, 5.74) is 0.780. The van der Waals surface area contributed by atoms with Crippen LogP contribution in [0.25, 0.3) is 0 Å². The second kappa shape index (κ2) is 9.36. The van der Waals surface area contributed by atoms with Crippen molar-refractivity contribution in [2.75, 3.05) is 26.7 Å². The Bertz CT molecular complexity index is 842. The second-order valence-corrected chi connectivity index (χ2v) is 7.03. The molecule has 2 amide bonds. The summed E-state index contributed by atoms with van der Waals surface area (Å²) in [5.74, 6) is -1.37. The van der Waals surface area contributed by atoms with E-state index in [1.807, 2.05) is 0 Å². The monoisotopic (exact) mass is 402 g/mol. The number of likely N-dealkylation sites (tertiary alicyclic amines) is 1. The van der Waals surface area contributed by atoms with Crippen LogP contribution >= 0.6 is 0 Å². The third-order valence-electron chi connectivity index (χ3n) is 4.94. The SMILES string of the molecule is CN(Cc1ccc(F)cc1)C(=O)COC(=O)C1CCN(C(=O)c2ccco2)CC1. The summed E-state index contributed by atoms with van der Waals surface area (Å²) in [7, 11) is 1.60. The zero-order valence-electron chi connectivity index (χ0n) is 16.2. The highest BCUT2D eigenvalue weighted by molar-refractivity contribution is 5.91. The molecule has 1 saturated heterocycles. The number of ether oxygens (including phenoxy) is 1. The van der Waals surface area contributed by atoms with Crippen molar-refractivity contribution in [1.29, 1.82) is 0 Å². The van der Waals surface area contributed by atoms with Crippen LogP contribution in [0.3, 0.4) is 0 Å². The Morgan fingerprint density at radius 1 is 1.17 bits per heavy atom. The average molecular weight is 402 g/mol. The molecule has 0 radical (unpaired) electrons. The summed E-state index contributed by atoms with van der Waals surface area (Å²) in [4.78, 5) is 39.8. The van der Waals surface area contributed by atoms with Gasteiger partial charge in [-0.15, -0.1) is 0 Å². The molecule has 2 aromatic rings. The van der Waals surface area contributed by atoms with E-state index in [1.54, 1.807) is 36.2 Å². The van der Waals surface area contributed by atoms with Crippen LogP contribution < -0.4 is 0 Å². The summed E-state index contributed by atoms with van der Waals surface area (Å²) in [6.07, 6.45) is 2.40. The number of furan rings is 1. The Balaban J connectivity index is 1.40. The molecule has 0 unspecified atom stereocenters. The molecule has 1 aromatic carbocycles. The lowest BCUT2D eigenvalue weighted by Crippen LogP contribution is -2.41. The van der Waals surface area contributed by atoms with Gasteiger partial charge in [0, 0.05) is 26.7 Å². The molecular formula is C21H23FN2O5. The molecule has 1 aliphatic heterocycles. The predicted octanol–water partition coefficient (Wildman–Crippen LogP) is 2.47. The molecular weight excluding hydrogens is 379 g/mol. The Kier molecular flexibility index (Phi) is 6.64. The van der Waals surface area contributed by atoms with Gasteiger partial charge in [0.05, 0.1) is 12.2 Å². The number of amides is 2. The number of likely N-dealkylation sites (N-methyl/N-ethyl adjacent to an activating group) is 1. The molecule has 29 heavy (non-hydrogen) atoms. The molecule has 0 atom stereocenters. The minimum Gasteiger partial charge on any atom is -0.459 e. The van der Waals surface area contributed by atoms with Crippen molar-refractivity contribution >= 4 is 17.8 Å². The number of carbonyl (C=O) groups is 3. The molecule has 1 aromatic heterocycles. The molecule has 154 valence electrons. The third-order valence-corrected chi connectivity index (χ3v) is 4.94. The zero-order chi connectivity index (χ0) is 20.8. The normalized spacial score (nSPS) is 14.5. The molecule has 2 heterocycles. The lowest BCUT2D eigenvalue weighted by atomic mass is 9.97. The maximum absolute atomic E-state index is 12.9.